The Balaban J connectivity index is 1.71. The number of rotatable bonds is 7. The second-order valence-electron chi connectivity index (χ2n) is 6.72. The van der Waals surface area contributed by atoms with Gasteiger partial charge in [0.15, 0.2) is 5.16 Å². The smallest absolute Gasteiger partial charge is 0.237 e. The van der Waals surface area contributed by atoms with Crippen LogP contribution in [0, 0.1) is 13.8 Å². The normalized spacial score (nSPS) is 12.2. The monoisotopic (exact) mass is 398 g/mol. The SMILES string of the molecule is CCn1c(Cc2ccccc2)nnc1S[C@H](C)C(=O)Nc1c(C)nn(C)c1C. The summed E-state index contributed by atoms with van der Waals surface area (Å²) in [6, 6.07) is 10.2. The molecule has 0 spiro atoms. The number of aryl methyl sites for hydroxylation is 2. The van der Waals surface area contributed by atoms with Crippen LogP contribution in [0.1, 0.15) is 36.6 Å². The molecule has 8 heteroatoms. The van der Waals surface area contributed by atoms with Gasteiger partial charge in [-0.3, -0.25) is 9.48 Å². The van der Waals surface area contributed by atoms with Gasteiger partial charge in [-0.05, 0) is 33.3 Å². The van der Waals surface area contributed by atoms with Crippen molar-refractivity contribution < 1.29 is 4.79 Å². The molecular formula is C20H26N6OS. The van der Waals surface area contributed by atoms with Crippen LogP contribution in [0.4, 0.5) is 5.69 Å². The van der Waals surface area contributed by atoms with Crippen LogP contribution in [0.25, 0.3) is 0 Å². The molecule has 1 atom stereocenters. The Morgan fingerprint density at radius 3 is 2.54 bits per heavy atom. The summed E-state index contributed by atoms with van der Waals surface area (Å²) in [4.78, 5) is 12.7. The Kier molecular flexibility index (Phi) is 6.18. The second-order valence-corrected chi connectivity index (χ2v) is 8.03. The summed E-state index contributed by atoms with van der Waals surface area (Å²) in [6.07, 6.45) is 0.719. The van der Waals surface area contributed by atoms with E-state index in [1.165, 1.54) is 17.3 Å². The van der Waals surface area contributed by atoms with Crippen LogP contribution < -0.4 is 5.32 Å². The number of hydrogen-bond acceptors (Lipinski definition) is 5. The van der Waals surface area contributed by atoms with Crippen LogP contribution in [0.15, 0.2) is 35.5 Å². The molecule has 28 heavy (non-hydrogen) atoms. The highest BCUT2D eigenvalue weighted by atomic mass is 32.2. The Hall–Kier alpha value is -2.61. The van der Waals surface area contributed by atoms with Gasteiger partial charge in [-0.1, -0.05) is 42.1 Å². The maximum absolute atomic E-state index is 12.7. The number of carbonyl (C=O) groups is 1. The number of benzene rings is 1. The van der Waals surface area contributed by atoms with Gasteiger partial charge in [0.1, 0.15) is 5.82 Å². The number of carbonyl (C=O) groups excluding carboxylic acids is 1. The lowest BCUT2D eigenvalue weighted by Gasteiger charge is -2.13. The van der Waals surface area contributed by atoms with Crippen molar-refractivity contribution in [2.45, 2.75) is 51.1 Å². The number of anilines is 1. The van der Waals surface area contributed by atoms with Gasteiger partial charge in [-0.25, -0.2) is 0 Å². The van der Waals surface area contributed by atoms with Crippen LogP contribution in [0.5, 0.6) is 0 Å². The molecule has 2 aromatic heterocycles. The minimum atomic E-state index is -0.307. The van der Waals surface area contributed by atoms with E-state index >= 15 is 0 Å². The molecule has 0 saturated carbocycles. The number of thioether (sulfide) groups is 1. The summed E-state index contributed by atoms with van der Waals surface area (Å²) in [5.41, 5.74) is 3.72. The summed E-state index contributed by atoms with van der Waals surface area (Å²) in [5, 5.41) is 16.5. The fourth-order valence-electron chi connectivity index (χ4n) is 3.02. The van der Waals surface area contributed by atoms with E-state index < -0.39 is 0 Å². The molecule has 2 heterocycles. The second kappa shape index (κ2) is 8.60. The van der Waals surface area contributed by atoms with Gasteiger partial charge in [0, 0.05) is 20.0 Å². The molecule has 0 aliphatic heterocycles. The molecule has 1 amide bonds. The maximum Gasteiger partial charge on any atom is 0.237 e. The molecule has 0 unspecified atom stereocenters. The highest BCUT2D eigenvalue weighted by molar-refractivity contribution is 8.00. The minimum absolute atomic E-state index is 0.0699. The largest absolute Gasteiger partial charge is 0.322 e. The van der Waals surface area contributed by atoms with Crippen molar-refractivity contribution in [2.24, 2.45) is 7.05 Å². The van der Waals surface area contributed by atoms with Crippen LogP contribution in [0.2, 0.25) is 0 Å². The number of aromatic nitrogens is 5. The fourth-order valence-corrected chi connectivity index (χ4v) is 3.96. The number of nitrogens with one attached hydrogen (secondary N) is 1. The van der Waals surface area contributed by atoms with E-state index in [4.69, 9.17) is 0 Å². The Morgan fingerprint density at radius 2 is 1.93 bits per heavy atom. The fraction of sp³-hybridized carbons (Fsp3) is 0.400. The molecular weight excluding hydrogens is 372 g/mol. The number of amides is 1. The molecule has 3 aromatic rings. The van der Waals surface area contributed by atoms with Crippen molar-refractivity contribution >= 4 is 23.4 Å². The predicted molar refractivity (Wildman–Crippen MR) is 112 cm³/mol. The first-order valence-corrected chi connectivity index (χ1v) is 10.2. The van der Waals surface area contributed by atoms with Gasteiger partial charge in [-0.15, -0.1) is 10.2 Å². The average molecular weight is 399 g/mol. The van der Waals surface area contributed by atoms with E-state index in [0.717, 1.165) is 41.0 Å². The zero-order valence-electron chi connectivity index (χ0n) is 16.9. The first-order valence-electron chi connectivity index (χ1n) is 9.34. The molecule has 0 radical (unpaired) electrons. The van der Waals surface area contributed by atoms with Gasteiger partial charge in [0.05, 0.1) is 22.3 Å². The summed E-state index contributed by atoms with van der Waals surface area (Å²) in [5.74, 6) is 0.835. The van der Waals surface area contributed by atoms with Crippen molar-refractivity contribution in [3.05, 3.63) is 53.1 Å². The van der Waals surface area contributed by atoms with Gasteiger partial charge < -0.3 is 9.88 Å². The summed E-state index contributed by atoms with van der Waals surface area (Å²) >= 11 is 1.42. The Morgan fingerprint density at radius 1 is 1.21 bits per heavy atom. The van der Waals surface area contributed by atoms with E-state index in [1.807, 2.05) is 46.0 Å². The van der Waals surface area contributed by atoms with E-state index in [2.05, 4.69) is 44.2 Å². The third-order valence-electron chi connectivity index (χ3n) is 4.72. The molecule has 0 aliphatic carbocycles. The first kappa shape index (κ1) is 20.1. The zero-order valence-corrected chi connectivity index (χ0v) is 17.7. The number of nitrogens with zero attached hydrogens (tertiary/aromatic N) is 5. The highest BCUT2D eigenvalue weighted by Gasteiger charge is 2.22. The highest BCUT2D eigenvalue weighted by Crippen LogP contribution is 2.25. The van der Waals surface area contributed by atoms with Crippen molar-refractivity contribution in [2.75, 3.05) is 5.32 Å². The van der Waals surface area contributed by atoms with Crippen LogP contribution in [0.3, 0.4) is 0 Å². The van der Waals surface area contributed by atoms with E-state index in [0.29, 0.717) is 0 Å². The predicted octanol–water partition coefficient (Wildman–Crippen LogP) is 3.36. The summed E-state index contributed by atoms with van der Waals surface area (Å²) in [6.45, 7) is 8.54. The van der Waals surface area contributed by atoms with Gasteiger partial charge in [0.25, 0.3) is 0 Å². The van der Waals surface area contributed by atoms with Crippen molar-refractivity contribution in [3.8, 4) is 0 Å². The molecule has 0 aliphatic rings. The van der Waals surface area contributed by atoms with Gasteiger partial charge in [-0.2, -0.15) is 5.10 Å². The van der Waals surface area contributed by atoms with Gasteiger partial charge >= 0.3 is 0 Å². The zero-order chi connectivity index (χ0) is 20.3. The minimum Gasteiger partial charge on any atom is -0.322 e. The molecule has 0 fully saturated rings. The van der Waals surface area contributed by atoms with E-state index in [9.17, 15) is 4.79 Å². The van der Waals surface area contributed by atoms with Crippen LogP contribution in [-0.2, 0) is 24.8 Å². The van der Waals surface area contributed by atoms with Crippen LogP contribution >= 0.6 is 11.8 Å². The maximum atomic E-state index is 12.7. The summed E-state index contributed by atoms with van der Waals surface area (Å²) < 4.78 is 3.84. The lowest BCUT2D eigenvalue weighted by molar-refractivity contribution is -0.115. The molecule has 1 N–H and O–H groups in total. The third kappa shape index (κ3) is 4.27. The van der Waals surface area contributed by atoms with Crippen molar-refractivity contribution in [1.29, 1.82) is 0 Å². The first-order chi connectivity index (χ1) is 13.4. The molecule has 148 valence electrons. The van der Waals surface area contributed by atoms with Gasteiger partial charge in [0.2, 0.25) is 5.91 Å². The van der Waals surface area contributed by atoms with Crippen molar-refractivity contribution in [3.63, 3.8) is 0 Å². The topological polar surface area (TPSA) is 77.6 Å². The van der Waals surface area contributed by atoms with E-state index in [-0.39, 0.29) is 11.2 Å². The lowest BCUT2D eigenvalue weighted by atomic mass is 10.1. The molecule has 0 saturated heterocycles. The quantitative estimate of drug-likeness (QED) is 0.618. The van der Waals surface area contributed by atoms with E-state index in [1.54, 1.807) is 4.68 Å². The molecule has 0 bridgehead atoms. The van der Waals surface area contributed by atoms with Crippen molar-refractivity contribution in [1.82, 2.24) is 24.5 Å². The standard InChI is InChI=1S/C20H26N6OS/c1-6-26-17(12-16-10-8-7-9-11-16)22-23-20(26)28-15(4)19(27)21-18-13(2)24-25(5)14(18)3/h7-11,15H,6,12H2,1-5H3,(H,21,27)/t15-/m1/s1. The average Bonchev–Trinajstić information content (AvgIpc) is 3.17. The third-order valence-corrected chi connectivity index (χ3v) is 5.80. The summed E-state index contributed by atoms with van der Waals surface area (Å²) in [7, 11) is 1.87. The number of hydrogen-bond donors (Lipinski definition) is 1. The van der Waals surface area contributed by atoms with Crippen LogP contribution in [-0.4, -0.2) is 35.7 Å². The lowest BCUT2D eigenvalue weighted by Crippen LogP contribution is -2.23. The molecule has 7 nitrogen and oxygen atoms in total. The molecule has 3 rings (SSSR count). The molecule has 1 aromatic carbocycles. The Labute approximate surface area is 169 Å². The Bertz CT molecular complexity index is 963.